The molecule has 4 rings (SSSR count). The number of carbonyl (C=O) groups is 2. The Hall–Kier alpha value is -3.84. The van der Waals surface area contributed by atoms with Crippen molar-refractivity contribution < 1.29 is 22.7 Å². The zero-order valence-electron chi connectivity index (χ0n) is 18.1. The quantitative estimate of drug-likeness (QED) is 0.312. The minimum absolute atomic E-state index is 0.00831. The summed E-state index contributed by atoms with van der Waals surface area (Å²) >= 11 is 1.11. The highest BCUT2D eigenvalue weighted by molar-refractivity contribution is 7.93. The number of hydrogen-bond acceptors (Lipinski definition) is 9. The second-order valence-electron chi connectivity index (χ2n) is 7.18. The summed E-state index contributed by atoms with van der Waals surface area (Å²) in [6.07, 6.45) is 0.739. The molecule has 1 amide bonds. The molecule has 1 unspecified atom stereocenters. The number of H-pyrrole nitrogens is 1. The van der Waals surface area contributed by atoms with E-state index in [1.807, 2.05) is 0 Å². The summed E-state index contributed by atoms with van der Waals surface area (Å²) in [5, 5.41) is 10.9. The third-order valence-electron chi connectivity index (χ3n) is 4.75. The zero-order chi connectivity index (χ0) is 24.3. The van der Waals surface area contributed by atoms with Crippen molar-refractivity contribution in [1.82, 2.24) is 20.2 Å². The number of nitrogens with one attached hydrogen (secondary N) is 3. The maximum absolute atomic E-state index is 12.7. The first-order chi connectivity index (χ1) is 16.2. The van der Waals surface area contributed by atoms with Gasteiger partial charge in [0.2, 0.25) is 5.13 Å². The fourth-order valence-corrected chi connectivity index (χ4v) is 4.86. The van der Waals surface area contributed by atoms with Crippen LogP contribution in [0.3, 0.4) is 0 Å². The van der Waals surface area contributed by atoms with Gasteiger partial charge >= 0.3 is 5.97 Å². The number of aromatic nitrogens is 4. The molecule has 2 aromatic heterocycles. The van der Waals surface area contributed by atoms with Crippen LogP contribution in [0, 0.1) is 6.92 Å². The van der Waals surface area contributed by atoms with Crippen LogP contribution in [-0.2, 0) is 19.6 Å². The fraction of sp³-hybridized carbons (Fsp3) is 0.190. The molecule has 0 aliphatic heterocycles. The zero-order valence-corrected chi connectivity index (χ0v) is 19.7. The molecule has 2 aromatic carbocycles. The Labute approximate surface area is 198 Å². The van der Waals surface area contributed by atoms with Crippen LogP contribution in [-0.4, -0.2) is 46.6 Å². The predicted octanol–water partition coefficient (Wildman–Crippen LogP) is 3.10. The number of rotatable bonds is 8. The van der Waals surface area contributed by atoms with Crippen LogP contribution in [0.4, 0.5) is 10.8 Å². The SMILES string of the molecule is CCC(OC(=O)c1ccc2nc[nH]c2c1)C(=O)Nc1ccc(S(=O)(=O)Nc2nnc(C)s2)cc1. The Kier molecular flexibility index (Phi) is 6.56. The number of aryl methyl sites for hydroxylation is 1. The Bertz CT molecular complexity index is 1450. The maximum Gasteiger partial charge on any atom is 0.338 e. The number of hydrogen-bond donors (Lipinski definition) is 3. The van der Waals surface area contributed by atoms with Crippen molar-refractivity contribution in [2.45, 2.75) is 31.3 Å². The van der Waals surface area contributed by atoms with E-state index in [1.165, 1.54) is 30.6 Å². The van der Waals surface area contributed by atoms with Crippen LogP contribution in [0.15, 0.2) is 53.7 Å². The van der Waals surface area contributed by atoms with Crippen molar-refractivity contribution >= 4 is 55.1 Å². The molecule has 0 radical (unpaired) electrons. The van der Waals surface area contributed by atoms with Gasteiger partial charge in [-0.2, -0.15) is 0 Å². The first kappa shape index (κ1) is 23.3. The molecule has 0 aliphatic carbocycles. The summed E-state index contributed by atoms with van der Waals surface area (Å²) in [4.78, 5) is 32.2. The van der Waals surface area contributed by atoms with Gasteiger partial charge in [0.1, 0.15) is 5.01 Å². The summed E-state index contributed by atoms with van der Waals surface area (Å²) in [7, 11) is -3.86. The molecule has 176 valence electrons. The molecule has 0 fully saturated rings. The predicted molar refractivity (Wildman–Crippen MR) is 126 cm³/mol. The van der Waals surface area contributed by atoms with Crippen LogP contribution in [0.1, 0.15) is 28.7 Å². The van der Waals surface area contributed by atoms with Crippen molar-refractivity contribution in [2.24, 2.45) is 0 Å². The summed E-state index contributed by atoms with van der Waals surface area (Å²) < 4.78 is 32.7. The molecule has 0 aliphatic rings. The van der Waals surface area contributed by atoms with Crippen LogP contribution < -0.4 is 10.0 Å². The number of anilines is 2. The molecule has 11 nitrogen and oxygen atoms in total. The summed E-state index contributed by atoms with van der Waals surface area (Å²) in [5.41, 5.74) is 2.03. The van der Waals surface area contributed by atoms with Gasteiger partial charge in [0.05, 0.1) is 27.8 Å². The molecule has 3 N–H and O–H groups in total. The number of fused-ring (bicyclic) bond motifs is 1. The van der Waals surface area contributed by atoms with E-state index in [4.69, 9.17) is 4.74 Å². The van der Waals surface area contributed by atoms with Crippen molar-refractivity contribution in [3.05, 3.63) is 59.4 Å². The lowest BCUT2D eigenvalue weighted by Gasteiger charge is -2.16. The topological polar surface area (TPSA) is 156 Å². The molecule has 0 saturated heterocycles. The second-order valence-corrected chi connectivity index (χ2v) is 10.0. The lowest BCUT2D eigenvalue weighted by Crippen LogP contribution is -2.32. The average molecular weight is 501 g/mol. The highest BCUT2D eigenvalue weighted by Crippen LogP contribution is 2.21. The van der Waals surface area contributed by atoms with Crippen molar-refractivity contribution in [3.63, 3.8) is 0 Å². The van der Waals surface area contributed by atoms with Crippen LogP contribution in [0.25, 0.3) is 11.0 Å². The Morgan fingerprint density at radius 2 is 1.91 bits per heavy atom. The molecule has 0 spiro atoms. The average Bonchev–Trinajstić information content (AvgIpc) is 3.45. The minimum Gasteiger partial charge on any atom is -0.449 e. The third kappa shape index (κ3) is 5.21. The van der Waals surface area contributed by atoms with Crippen molar-refractivity contribution in [2.75, 3.05) is 10.0 Å². The minimum atomic E-state index is -3.86. The largest absolute Gasteiger partial charge is 0.449 e. The Morgan fingerprint density at radius 3 is 2.59 bits per heavy atom. The van der Waals surface area contributed by atoms with Gasteiger partial charge in [-0.3, -0.25) is 9.52 Å². The Balaban J connectivity index is 1.39. The van der Waals surface area contributed by atoms with Gasteiger partial charge in [-0.05, 0) is 55.8 Å². The summed E-state index contributed by atoms with van der Waals surface area (Å²) in [6, 6.07) is 10.4. The standard InChI is InChI=1S/C21H20N6O5S2/c1-3-18(32-20(29)13-4-9-16-17(10-13)23-11-22-16)19(28)24-14-5-7-15(8-6-14)34(30,31)27-21-26-25-12(2)33-21/h4-11,18H,3H2,1-2H3,(H,22,23)(H,24,28)(H,26,27). The lowest BCUT2D eigenvalue weighted by molar-refractivity contribution is -0.124. The number of imidazole rings is 1. The third-order valence-corrected chi connectivity index (χ3v) is 6.99. The first-order valence-corrected chi connectivity index (χ1v) is 12.4. The molecule has 34 heavy (non-hydrogen) atoms. The summed E-state index contributed by atoms with van der Waals surface area (Å²) in [6.45, 7) is 3.43. The monoisotopic (exact) mass is 500 g/mol. The van der Waals surface area contributed by atoms with E-state index in [9.17, 15) is 18.0 Å². The van der Waals surface area contributed by atoms with E-state index in [0.717, 1.165) is 11.3 Å². The molecule has 13 heteroatoms. The molecular formula is C21H20N6O5S2. The van der Waals surface area contributed by atoms with Crippen molar-refractivity contribution in [1.29, 1.82) is 0 Å². The van der Waals surface area contributed by atoms with Crippen LogP contribution >= 0.6 is 11.3 Å². The van der Waals surface area contributed by atoms with E-state index in [0.29, 0.717) is 21.7 Å². The fourth-order valence-electron chi connectivity index (χ4n) is 3.03. The van der Waals surface area contributed by atoms with Gasteiger partial charge in [0.25, 0.3) is 15.9 Å². The summed E-state index contributed by atoms with van der Waals surface area (Å²) in [5.74, 6) is -1.17. The van der Waals surface area contributed by atoms with Gasteiger partial charge in [0.15, 0.2) is 6.10 Å². The maximum atomic E-state index is 12.7. The van der Waals surface area contributed by atoms with Gasteiger partial charge in [-0.15, -0.1) is 10.2 Å². The molecule has 4 aromatic rings. The van der Waals surface area contributed by atoms with E-state index in [1.54, 1.807) is 32.0 Å². The molecule has 2 heterocycles. The molecule has 1 atom stereocenters. The second kappa shape index (κ2) is 9.57. The van der Waals surface area contributed by atoms with E-state index >= 15 is 0 Å². The Morgan fingerprint density at radius 1 is 1.15 bits per heavy atom. The van der Waals surface area contributed by atoms with Crippen molar-refractivity contribution in [3.8, 4) is 0 Å². The number of carbonyl (C=O) groups excluding carboxylic acids is 2. The normalized spacial score (nSPS) is 12.3. The number of benzene rings is 2. The first-order valence-electron chi connectivity index (χ1n) is 10.1. The van der Waals surface area contributed by atoms with Gasteiger partial charge in [0, 0.05) is 5.69 Å². The van der Waals surface area contributed by atoms with E-state index < -0.39 is 28.0 Å². The lowest BCUT2D eigenvalue weighted by atomic mass is 10.2. The van der Waals surface area contributed by atoms with E-state index in [-0.39, 0.29) is 22.0 Å². The molecule has 0 saturated carbocycles. The van der Waals surface area contributed by atoms with Gasteiger partial charge < -0.3 is 15.0 Å². The highest BCUT2D eigenvalue weighted by Gasteiger charge is 2.23. The molecular weight excluding hydrogens is 480 g/mol. The van der Waals surface area contributed by atoms with Crippen LogP contribution in [0.2, 0.25) is 0 Å². The smallest absolute Gasteiger partial charge is 0.338 e. The number of aromatic amines is 1. The number of nitrogens with zero attached hydrogens (tertiary/aromatic N) is 3. The van der Waals surface area contributed by atoms with E-state index in [2.05, 4.69) is 30.2 Å². The molecule has 0 bridgehead atoms. The van der Waals surface area contributed by atoms with Gasteiger partial charge in [-0.25, -0.2) is 18.2 Å². The number of esters is 1. The number of sulfonamides is 1. The number of ether oxygens (including phenoxy) is 1. The highest BCUT2D eigenvalue weighted by atomic mass is 32.2. The van der Waals surface area contributed by atoms with Gasteiger partial charge in [-0.1, -0.05) is 18.3 Å². The number of amides is 1. The van der Waals surface area contributed by atoms with Crippen LogP contribution in [0.5, 0.6) is 0 Å².